The largest absolute Gasteiger partial charge is 0.467 e. The molecule has 3 rings (SSSR count). The van der Waals surface area contributed by atoms with Crippen LogP contribution in [0.3, 0.4) is 0 Å². The van der Waals surface area contributed by atoms with Crippen LogP contribution in [0.4, 0.5) is 0 Å². The number of thiol groups is 1. The number of fused-ring (bicyclic) bond motifs is 3. The van der Waals surface area contributed by atoms with Gasteiger partial charge in [-0.2, -0.15) is 12.6 Å². The summed E-state index contributed by atoms with van der Waals surface area (Å²) >= 11 is 4.36. The molecule has 0 saturated carbocycles. The van der Waals surface area contributed by atoms with E-state index in [-0.39, 0.29) is 23.8 Å². The molecule has 1 aromatic carbocycles. The number of carbonyl (C=O) groups is 2. The summed E-state index contributed by atoms with van der Waals surface area (Å²) in [6, 6.07) is 7.70. The number of piperidine rings is 1. The summed E-state index contributed by atoms with van der Waals surface area (Å²) in [5, 5.41) is 0. The number of nitrogens with zero attached hydrogens (tertiary/aromatic N) is 1. The number of methoxy groups -OCH3 is 1. The van der Waals surface area contributed by atoms with Crippen molar-refractivity contribution in [1.82, 2.24) is 4.90 Å². The quantitative estimate of drug-likeness (QED) is 0.672. The molecule has 2 unspecified atom stereocenters. The normalized spacial score (nSPS) is 27.6. The van der Waals surface area contributed by atoms with E-state index >= 15 is 0 Å². The number of rotatable bonds is 2. The highest BCUT2D eigenvalue weighted by atomic mass is 32.1. The van der Waals surface area contributed by atoms with Gasteiger partial charge in [-0.3, -0.25) is 4.79 Å². The van der Waals surface area contributed by atoms with Gasteiger partial charge < -0.3 is 9.64 Å². The van der Waals surface area contributed by atoms with Crippen LogP contribution in [0.15, 0.2) is 24.3 Å². The lowest BCUT2D eigenvalue weighted by atomic mass is 9.89. The van der Waals surface area contributed by atoms with Gasteiger partial charge in [0.25, 0.3) is 0 Å². The zero-order valence-electron chi connectivity index (χ0n) is 12.7. The lowest BCUT2D eigenvalue weighted by molar-refractivity contribution is -0.158. The Hall–Kier alpha value is -1.49. The zero-order chi connectivity index (χ0) is 15.7. The van der Waals surface area contributed by atoms with Crippen LogP contribution in [0.1, 0.15) is 36.4 Å². The van der Waals surface area contributed by atoms with E-state index in [1.807, 2.05) is 12.1 Å². The molecular weight excluding hydrogens is 298 g/mol. The third kappa shape index (κ3) is 2.51. The SMILES string of the molecule is COC(=O)[C@@H]1CCCC2c3ccccc3CC(CS)C(=O)N21. The van der Waals surface area contributed by atoms with Crippen LogP contribution in [-0.2, 0) is 20.7 Å². The van der Waals surface area contributed by atoms with E-state index in [0.29, 0.717) is 18.6 Å². The molecule has 1 saturated heterocycles. The lowest BCUT2D eigenvalue weighted by Gasteiger charge is -2.41. The van der Waals surface area contributed by atoms with E-state index in [2.05, 4.69) is 24.8 Å². The van der Waals surface area contributed by atoms with Crippen LogP contribution in [0.25, 0.3) is 0 Å². The number of hydrogen-bond acceptors (Lipinski definition) is 4. The summed E-state index contributed by atoms with van der Waals surface area (Å²) < 4.78 is 4.93. The van der Waals surface area contributed by atoms with Gasteiger partial charge in [-0.15, -0.1) is 0 Å². The number of ether oxygens (including phenoxy) is 1. The Labute approximate surface area is 136 Å². The molecule has 0 aliphatic carbocycles. The van der Waals surface area contributed by atoms with E-state index < -0.39 is 6.04 Å². The van der Waals surface area contributed by atoms with Gasteiger partial charge in [0.1, 0.15) is 6.04 Å². The van der Waals surface area contributed by atoms with Crippen LogP contribution in [0.2, 0.25) is 0 Å². The Bertz CT molecular complexity index is 589. The van der Waals surface area contributed by atoms with Gasteiger partial charge in [0.15, 0.2) is 0 Å². The van der Waals surface area contributed by atoms with Crippen molar-refractivity contribution < 1.29 is 14.3 Å². The van der Waals surface area contributed by atoms with Gasteiger partial charge in [0, 0.05) is 5.75 Å². The van der Waals surface area contributed by atoms with Gasteiger partial charge in [-0.25, -0.2) is 4.79 Å². The minimum absolute atomic E-state index is 0.0218. The average molecular weight is 319 g/mol. The summed E-state index contributed by atoms with van der Waals surface area (Å²) in [7, 11) is 1.39. The van der Waals surface area contributed by atoms with Crippen molar-refractivity contribution in [3.8, 4) is 0 Å². The van der Waals surface area contributed by atoms with Crippen molar-refractivity contribution in [3.05, 3.63) is 35.4 Å². The number of amides is 1. The zero-order valence-corrected chi connectivity index (χ0v) is 13.6. The fourth-order valence-corrected chi connectivity index (χ4v) is 4.02. The average Bonchev–Trinajstić information content (AvgIpc) is 2.69. The first-order valence-corrected chi connectivity index (χ1v) is 8.39. The summed E-state index contributed by atoms with van der Waals surface area (Å²) in [6.07, 6.45) is 3.19. The highest BCUT2D eigenvalue weighted by Crippen LogP contribution is 2.40. The van der Waals surface area contributed by atoms with E-state index in [4.69, 9.17) is 4.74 Å². The Morgan fingerprint density at radius 3 is 2.86 bits per heavy atom. The van der Waals surface area contributed by atoms with E-state index in [1.165, 1.54) is 18.2 Å². The lowest BCUT2D eigenvalue weighted by Crippen LogP contribution is -2.51. The van der Waals surface area contributed by atoms with Crippen molar-refractivity contribution in [1.29, 1.82) is 0 Å². The van der Waals surface area contributed by atoms with Gasteiger partial charge in [-0.1, -0.05) is 24.3 Å². The molecule has 1 fully saturated rings. The fourth-order valence-electron chi connectivity index (χ4n) is 3.73. The Kier molecular flexibility index (Phi) is 4.43. The monoisotopic (exact) mass is 319 g/mol. The molecule has 3 atom stereocenters. The minimum Gasteiger partial charge on any atom is -0.467 e. The predicted molar refractivity (Wildman–Crippen MR) is 86.7 cm³/mol. The van der Waals surface area contributed by atoms with Gasteiger partial charge in [-0.05, 0) is 36.8 Å². The van der Waals surface area contributed by atoms with Crippen molar-refractivity contribution in [3.63, 3.8) is 0 Å². The van der Waals surface area contributed by atoms with E-state index in [0.717, 1.165) is 12.8 Å². The third-order valence-electron chi connectivity index (χ3n) is 4.80. The van der Waals surface area contributed by atoms with Gasteiger partial charge >= 0.3 is 5.97 Å². The summed E-state index contributed by atoms with van der Waals surface area (Å²) in [5.41, 5.74) is 2.38. The van der Waals surface area contributed by atoms with Crippen LogP contribution in [0.5, 0.6) is 0 Å². The molecule has 1 amide bonds. The topological polar surface area (TPSA) is 46.6 Å². The first-order valence-electron chi connectivity index (χ1n) is 7.76. The van der Waals surface area contributed by atoms with E-state index in [1.54, 1.807) is 4.90 Å². The maximum absolute atomic E-state index is 13.0. The molecule has 2 aliphatic rings. The van der Waals surface area contributed by atoms with Crippen molar-refractivity contribution in [2.75, 3.05) is 12.9 Å². The number of benzene rings is 1. The van der Waals surface area contributed by atoms with Crippen molar-refractivity contribution >= 4 is 24.5 Å². The first kappa shape index (κ1) is 15.4. The maximum atomic E-state index is 13.0. The summed E-state index contributed by atoms with van der Waals surface area (Å²) in [4.78, 5) is 26.9. The molecule has 4 nitrogen and oxygen atoms in total. The molecule has 1 aromatic rings. The third-order valence-corrected chi connectivity index (χ3v) is 5.25. The van der Waals surface area contributed by atoms with Crippen molar-refractivity contribution in [2.24, 2.45) is 5.92 Å². The molecule has 2 aliphatic heterocycles. The molecule has 0 spiro atoms. The highest BCUT2D eigenvalue weighted by Gasteiger charge is 2.43. The Morgan fingerprint density at radius 2 is 2.14 bits per heavy atom. The van der Waals surface area contributed by atoms with E-state index in [9.17, 15) is 9.59 Å². The second kappa shape index (κ2) is 6.32. The van der Waals surface area contributed by atoms with Crippen molar-refractivity contribution in [2.45, 2.75) is 37.8 Å². The van der Waals surface area contributed by atoms with Crippen LogP contribution in [0, 0.1) is 5.92 Å². The summed E-state index contributed by atoms with van der Waals surface area (Å²) in [5.74, 6) is 0.0333. The second-order valence-electron chi connectivity index (χ2n) is 6.01. The van der Waals surface area contributed by atoms with Gasteiger partial charge in [0.2, 0.25) is 5.91 Å². The Balaban J connectivity index is 2.08. The summed E-state index contributed by atoms with van der Waals surface area (Å²) in [6.45, 7) is 0. The Morgan fingerprint density at radius 1 is 1.36 bits per heavy atom. The smallest absolute Gasteiger partial charge is 0.328 e. The number of hydrogen-bond donors (Lipinski definition) is 1. The molecule has 0 aromatic heterocycles. The molecule has 0 N–H and O–H groups in total. The molecule has 0 bridgehead atoms. The molecule has 0 radical (unpaired) electrons. The van der Waals surface area contributed by atoms with Gasteiger partial charge in [0.05, 0.1) is 19.1 Å². The maximum Gasteiger partial charge on any atom is 0.328 e. The molecule has 2 heterocycles. The fraction of sp³-hybridized carbons (Fsp3) is 0.529. The molecule has 5 heteroatoms. The highest BCUT2D eigenvalue weighted by molar-refractivity contribution is 7.80. The predicted octanol–water partition coefficient (Wildman–Crippen LogP) is 2.38. The standard InChI is InChI=1S/C17H21NO3S/c1-21-17(20)15-8-4-7-14-13-6-3-2-5-11(13)9-12(10-22)16(19)18(14)15/h2-3,5-6,12,14-15,22H,4,7-10H2,1H3/t12?,14?,15-/m0/s1. The minimum atomic E-state index is -0.468. The number of esters is 1. The van der Waals surface area contributed by atoms with Crippen LogP contribution < -0.4 is 0 Å². The first-order chi connectivity index (χ1) is 10.7. The second-order valence-corrected chi connectivity index (χ2v) is 6.38. The molecular formula is C17H21NO3S. The molecule has 22 heavy (non-hydrogen) atoms. The number of carbonyl (C=O) groups excluding carboxylic acids is 2. The van der Waals surface area contributed by atoms with Crippen LogP contribution >= 0.6 is 12.6 Å². The van der Waals surface area contributed by atoms with Crippen LogP contribution in [-0.4, -0.2) is 35.7 Å². The molecule has 118 valence electrons.